The van der Waals surface area contributed by atoms with Gasteiger partial charge in [0.05, 0.1) is 12.1 Å². The van der Waals surface area contributed by atoms with E-state index in [2.05, 4.69) is 4.90 Å². The third-order valence-electron chi connectivity index (χ3n) is 4.31. The Balaban J connectivity index is 1.99. The molecule has 0 radical (unpaired) electrons. The largest absolute Gasteiger partial charge is 0.481 e. The van der Waals surface area contributed by atoms with Gasteiger partial charge in [0, 0.05) is 23.5 Å². The van der Waals surface area contributed by atoms with Crippen molar-refractivity contribution in [1.29, 1.82) is 0 Å². The zero-order valence-electron chi connectivity index (χ0n) is 13.7. The molecule has 3 rings (SSSR count). The SMILES string of the molecule is Cc1cc(-c2nc(N3CCCCCC3)sc2CC(=O)O)ccc1F. The molecule has 4 nitrogen and oxygen atoms in total. The number of rotatable bonds is 4. The summed E-state index contributed by atoms with van der Waals surface area (Å²) in [7, 11) is 0. The molecule has 6 heteroatoms. The number of carboxylic acids is 1. The van der Waals surface area contributed by atoms with Crippen LogP contribution in [0, 0.1) is 12.7 Å². The molecule has 0 unspecified atom stereocenters. The van der Waals surface area contributed by atoms with Crippen LogP contribution >= 0.6 is 11.3 Å². The first-order chi connectivity index (χ1) is 11.5. The molecular formula is C18H21FN2O2S. The quantitative estimate of drug-likeness (QED) is 0.897. The van der Waals surface area contributed by atoms with E-state index in [-0.39, 0.29) is 12.2 Å². The second-order valence-corrected chi connectivity index (χ2v) is 7.27. The molecule has 1 saturated heterocycles. The van der Waals surface area contributed by atoms with E-state index in [9.17, 15) is 14.3 Å². The van der Waals surface area contributed by atoms with Crippen LogP contribution in [0.1, 0.15) is 36.1 Å². The number of thiazole rings is 1. The van der Waals surface area contributed by atoms with E-state index in [4.69, 9.17) is 4.98 Å². The molecule has 0 bridgehead atoms. The highest BCUT2D eigenvalue weighted by molar-refractivity contribution is 7.16. The summed E-state index contributed by atoms with van der Waals surface area (Å²) in [5.74, 6) is -1.14. The summed E-state index contributed by atoms with van der Waals surface area (Å²) < 4.78 is 13.5. The van der Waals surface area contributed by atoms with Gasteiger partial charge in [0.25, 0.3) is 0 Å². The van der Waals surface area contributed by atoms with Crippen molar-refractivity contribution in [3.63, 3.8) is 0 Å². The number of nitrogens with zero attached hydrogens (tertiary/aromatic N) is 2. The molecule has 1 N–H and O–H groups in total. The Hall–Kier alpha value is -1.95. The van der Waals surface area contributed by atoms with E-state index in [1.165, 1.54) is 30.2 Å². The topological polar surface area (TPSA) is 53.4 Å². The molecule has 1 fully saturated rings. The Labute approximate surface area is 145 Å². The average molecular weight is 348 g/mol. The van der Waals surface area contributed by atoms with E-state index < -0.39 is 5.97 Å². The summed E-state index contributed by atoms with van der Waals surface area (Å²) in [5, 5.41) is 10.1. The van der Waals surface area contributed by atoms with Crippen LogP contribution < -0.4 is 4.90 Å². The minimum atomic E-state index is -0.874. The van der Waals surface area contributed by atoms with Crippen molar-refractivity contribution in [3.05, 3.63) is 34.5 Å². The molecule has 0 atom stereocenters. The van der Waals surface area contributed by atoms with Gasteiger partial charge in [0.2, 0.25) is 0 Å². The number of carboxylic acid groups (broad SMARTS) is 1. The lowest BCUT2D eigenvalue weighted by molar-refractivity contribution is -0.136. The fourth-order valence-corrected chi connectivity index (χ4v) is 4.14. The highest BCUT2D eigenvalue weighted by Gasteiger charge is 2.20. The van der Waals surface area contributed by atoms with Gasteiger partial charge >= 0.3 is 5.97 Å². The average Bonchev–Trinajstić information content (AvgIpc) is 2.77. The maximum absolute atomic E-state index is 13.5. The van der Waals surface area contributed by atoms with Crippen LogP contribution in [0.4, 0.5) is 9.52 Å². The highest BCUT2D eigenvalue weighted by atomic mass is 32.1. The van der Waals surface area contributed by atoms with E-state index in [1.807, 2.05) is 0 Å². The Kier molecular flexibility index (Phi) is 5.14. The predicted octanol–water partition coefficient (Wildman–Crippen LogP) is 4.27. The van der Waals surface area contributed by atoms with Crippen molar-refractivity contribution < 1.29 is 14.3 Å². The first-order valence-electron chi connectivity index (χ1n) is 8.27. The second kappa shape index (κ2) is 7.30. The Bertz CT molecular complexity index is 737. The van der Waals surface area contributed by atoms with Crippen LogP contribution in [-0.4, -0.2) is 29.1 Å². The third kappa shape index (κ3) is 3.75. The molecular weight excluding hydrogens is 327 g/mol. The lowest BCUT2D eigenvalue weighted by Crippen LogP contribution is -2.23. The Morgan fingerprint density at radius 1 is 1.29 bits per heavy atom. The number of halogens is 1. The number of benzene rings is 1. The molecule has 1 aromatic heterocycles. The first-order valence-corrected chi connectivity index (χ1v) is 9.09. The number of anilines is 1. The van der Waals surface area contributed by atoms with Gasteiger partial charge in [0.15, 0.2) is 5.13 Å². The lowest BCUT2D eigenvalue weighted by atomic mass is 10.1. The fraction of sp³-hybridized carbons (Fsp3) is 0.444. The Morgan fingerprint density at radius 3 is 2.62 bits per heavy atom. The molecule has 0 saturated carbocycles. The molecule has 0 aliphatic carbocycles. The summed E-state index contributed by atoms with van der Waals surface area (Å²) in [6.07, 6.45) is 4.68. The van der Waals surface area contributed by atoms with E-state index >= 15 is 0 Å². The van der Waals surface area contributed by atoms with Gasteiger partial charge < -0.3 is 10.0 Å². The van der Waals surface area contributed by atoms with Gasteiger partial charge in [-0.25, -0.2) is 9.37 Å². The minimum Gasteiger partial charge on any atom is -0.481 e. The first kappa shape index (κ1) is 16.9. The summed E-state index contributed by atoms with van der Waals surface area (Å²) in [5.41, 5.74) is 1.99. The number of hydrogen-bond donors (Lipinski definition) is 1. The maximum atomic E-state index is 13.5. The van der Waals surface area contributed by atoms with Crippen molar-refractivity contribution in [3.8, 4) is 11.3 Å². The Morgan fingerprint density at radius 2 is 2.00 bits per heavy atom. The third-order valence-corrected chi connectivity index (χ3v) is 5.42. The van der Waals surface area contributed by atoms with Crippen LogP contribution in [-0.2, 0) is 11.2 Å². The lowest BCUT2D eigenvalue weighted by Gasteiger charge is -2.18. The second-order valence-electron chi connectivity index (χ2n) is 6.20. The molecule has 1 aliphatic heterocycles. The normalized spacial score (nSPS) is 15.3. The van der Waals surface area contributed by atoms with Crippen molar-refractivity contribution in [2.45, 2.75) is 39.0 Å². The summed E-state index contributed by atoms with van der Waals surface area (Å²) in [6.45, 7) is 3.63. The van der Waals surface area contributed by atoms with E-state index in [0.717, 1.165) is 41.5 Å². The molecule has 128 valence electrons. The van der Waals surface area contributed by atoms with E-state index in [0.29, 0.717) is 11.3 Å². The van der Waals surface area contributed by atoms with Crippen molar-refractivity contribution >= 4 is 22.4 Å². The monoisotopic (exact) mass is 348 g/mol. The number of carbonyl (C=O) groups is 1. The molecule has 2 heterocycles. The van der Waals surface area contributed by atoms with Crippen LogP contribution in [0.25, 0.3) is 11.3 Å². The van der Waals surface area contributed by atoms with Crippen LogP contribution in [0.2, 0.25) is 0 Å². The van der Waals surface area contributed by atoms with Crippen molar-refractivity contribution in [1.82, 2.24) is 4.98 Å². The van der Waals surface area contributed by atoms with Gasteiger partial charge in [-0.15, -0.1) is 11.3 Å². The zero-order valence-corrected chi connectivity index (χ0v) is 14.5. The minimum absolute atomic E-state index is 0.0583. The fourth-order valence-electron chi connectivity index (χ4n) is 3.01. The molecule has 2 aromatic rings. The number of aromatic nitrogens is 1. The van der Waals surface area contributed by atoms with Gasteiger partial charge in [-0.3, -0.25) is 4.79 Å². The predicted molar refractivity (Wildman–Crippen MR) is 94.3 cm³/mol. The number of hydrogen-bond acceptors (Lipinski definition) is 4. The van der Waals surface area contributed by atoms with Gasteiger partial charge in [0.1, 0.15) is 5.82 Å². The van der Waals surface area contributed by atoms with Crippen LogP contribution in [0.5, 0.6) is 0 Å². The number of aliphatic carboxylic acids is 1. The molecule has 0 spiro atoms. The van der Waals surface area contributed by atoms with Crippen molar-refractivity contribution in [2.24, 2.45) is 0 Å². The summed E-state index contributed by atoms with van der Waals surface area (Å²) in [6, 6.07) is 4.83. The standard InChI is InChI=1S/C18H21FN2O2S/c1-12-10-13(6-7-14(12)19)17-15(11-16(22)23)24-18(20-17)21-8-4-2-3-5-9-21/h6-7,10H,2-5,8-9,11H2,1H3,(H,22,23). The van der Waals surface area contributed by atoms with E-state index in [1.54, 1.807) is 19.1 Å². The molecule has 0 amide bonds. The maximum Gasteiger partial charge on any atom is 0.308 e. The molecule has 24 heavy (non-hydrogen) atoms. The van der Waals surface area contributed by atoms with Crippen LogP contribution in [0.3, 0.4) is 0 Å². The summed E-state index contributed by atoms with van der Waals surface area (Å²) in [4.78, 5) is 18.9. The van der Waals surface area contributed by atoms with Gasteiger partial charge in [-0.2, -0.15) is 0 Å². The van der Waals surface area contributed by atoms with Gasteiger partial charge in [-0.05, 0) is 43.5 Å². The van der Waals surface area contributed by atoms with Crippen LogP contribution in [0.15, 0.2) is 18.2 Å². The van der Waals surface area contributed by atoms with Gasteiger partial charge in [-0.1, -0.05) is 12.8 Å². The highest BCUT2D eigenvalue weighted by Crippen LogP contribution is 2.35. The van der Waals surface area contributed by atoms with Crippen molar-refractivity contribution in [2.75, 3.05) is 18.0 Å². The smallest absolute Gasteiger partial charge is 0.308 e. The number of aryl methyl sites for hydroxylation is 1. The molecule has 1 aromatic carbocycles. The molecule has 1 aliphatic rings. The summed E-state index contributed by atoms with van der Waals surface area (Å²) >= 11 is 1.45. The zero-order chi connectivity index (χ0) is 17.1.